The zero-order valence-electron chi connectivity index (χ0n) is 22.7. The van der Waals surface area contributed by atoms with Crippen LogP contribution in [-0.4, -0.2) is 22.0 Å². The molecular weight excluding hydrogens is 588 g/mol. The van der Waals surface area contributed by atoms with E-state index in [1.165, 1.54) is 16.2 Å². The van der Waals surface area contributed by atoms with Gasteiger partial charge >= 0.3 is 4.87 Å². The van der Waals surface area contributed by atoms with E-state index in [9.17, 15) is 14.4 Å². The SMILES string of the molecule is Cc1ccc(N2C(=O)[C@H]3[C@H]4C[C@@H]([C@@H]3C2=O)[C@H]2[C@H](c3ccc(OCc5cccc(Cl)c5)cc3)c3sc(=O)[nH]c3S[C@H]42)cc1. The molecule has 4 aromatic rings. The molecule has 0 unspecified atom stereocenters. The maximum Gasteiger partial charge on any atom is 0.305 e. The summed E-state index contributed by atoms with van der Waals surface area (Å²) in [5.41, 5.74) is 3.85. The minimum atomic E-state index is -0.314. The van der Waals surface area contributed by atoms with E-state index in [1.54, 1.807) is 11.8 Å². The summed E-state index contributed by atoms with van der Waals surface area (Å²) < 4.78 is 6.04. The molecule has 2 aliphatic heterocycles. The Bertz CT molecular complexity index is 1780. The Hall–Kier alpha value is -3.33. The Labute approximate surface area is 256 Å². The molecule has 0 radical (unpaired) electrons. The van der Waals surface area contributed by atoms with Crippen LogP contribution < -0.4 is 14.5 Å². The maximum atomic E-state index is 13.9. The summed E-state index contributed by atoms with van der Waals surface area (Å²) >= 11 is 9.10. The van der Waals surface area contributed by atoms with Crippen molar-refractivity contribution in [3.8, 4) is 5.75 Å². The molecule has 6 nitrogen and oxygen atoms in total. The van der Waals surface area contributed by atoms with Gasteiger partial charge in [-0.25, -0.2) is 0 Å². The number of hydrogen-bond donors (Lipinski definition) is 1. The van der Waals surface area contributed by atoms with E-state index in [4.69, 9.17) is 16.3 Å². The van der Waals surface area contributed by atoms with Gasteiger partial charge in [0.05, 0.1) is 22.5 Å². The van der Waals surface area contributed by atoms with Crippen LogP contribution in [0.15, 0.2) is 82.6 Å². The quantitative estimate of drug-likeness (QED) is 0.255. The Balaban J connectivity index is 1.11. The smallest absolute Gasteiger partial charge is 0.305 e. The molecule has 3 aromatic carbocycles. The average Bonchev–Trinajstić information content (AvgIpc) is 3.72. The fraction of sp³-hybridized carbons (Fsp3) is 0.303. The number of anilines is 1. The lowest BCUT2D eigenvalue weighted by molar-refractivity contribution is -0.123. The van der Waals surface area contributed by atoms with Crippen LogP contribution in [-0.2, 0) is 16.2 Å². The predicted octanol–water partition coefficient (Wildman–Crippen LogP) is 6.66. The Morgan fingerprint density at radius 1 is 0.952 bits per heavy atom. The standard InChI is InChI=1S/C33H27ClN2O4S2/c1-16-5-9-20(10-6-16)36-31(37)26-22-14-23(27(26)32(36)38)28-25(22)24(29-30(41-28)35-33(39)42-29)18-7-11-21(12-8-18)40-15-17-3-2-4-19(34)13-17/h2-13,22-28H,14-15H2,1H3,(H,35,39)/t22-,23-,24+,25+,26+,27+,28-/m1/s1. The number of imide groups is 1. The Kier molecular flexibility index (Phi) is 6.18. The molecule has 4 aliphatic rings. The first-order valence-corrected chi connectivity index (χ1v) is 16.3. The number of rotatable bonds is 5. The number of benzene rings is 3. The molecule has 42 heavy (non-hydrogen) atoms. The van der Waals surface area contributed by atoms with E-state index in [0.717, 1.165) is 38.8 Å². The van der Waals surface area contributed by atoms with Gasteiger partial charge < -0.3 is 9.72 Å². The van der Waals surface area contributed by atoms with Gasteiger partial charge in [0.15, 0.2) is 0 Å². The summed E-state index contributed by atoms with van der Waals surface area (Å²) in [6, 6.07) is 23.4. The number of amides is 2. The second kappa shape index (κ2) is 9.86. The van der Waals surface area contributed by atoms with E-state index in [2.05, 4.69) is 17.1 Å². The number of hydrogen-bond acceptors (Lipinski definition) is 6. The molecule has 1 N–H and O–H groups in total. The van der Waals surface area contributed by atoms with Crippen molar-refractivity contribution in [1.29, 1.82) is 0 Å². The Morgan fingerprint density at radius 2 is 1.69 bits per heavy atom. The van der Waals surface area contributed by atoms with Crippen molar-refractivity contribution in [2.24, 2.45) is 29.6 Å². The first-order valence-electron chi connectivity index (χ1n) is 14.2. The van der Waals surface area contributed by atoms with Gasteiger partial charge in [0.25, 0.3) is 0 Å². The largest absolute Gasteiger partial charge is 0.489 e. The molecule has 3 heterocycles. The summed E-state index contributed by atoms with van der Waals surface area (Å²) in [5, 5.41) is 1.75. The summed E-state index contributed by atoms with van der Waals surface area (Å²) in [5.74, 6) is 0.320. The third-order valence-corrected chi connectivity index (χ3v) is 12.4. The molecule has 212 valence electrons. The minimum Gasteiger partial charge on any atom is -0.489 e. The third kappa shape index (κ3) is 4.02. The number of halogens is 1. The molecule has 2 aliphatic carbocycles. The van der Waals surface area contributed by atoms with Crippen molar-refractivity contribution >= 4 is 52.2 Å². The van der Waals surface area contributed by atoms with Crippen LogP contribution in [0.25, 0.3) is 0 Å². The maximum absolute atomic E-state index is 13.9. The summed E-state index contributed by atoms with van der Waals surface area (Å²) in [4.78, 5) is 45.7. The lowest BCUT2D eigenvalue weighted by Gasteiger charge is -2.43. The van der Waals surface area contributed by atoms with Crippen molar-refractivity contribution in [3.05, 3.63) is 109 Å². The number of H-pyrrole nitrogens is 1. The van der Waals surface area contributed by atoms with Crippen LogP contribution in [0, 0.1) is 36.5 Å². The number of aryl methyl sites for hydroxylation is 1. The van der Waals surface area contributed by atoms with Gasteiger partial charge in [-0.3, -0.25) is 19.3 Å². The van der Waals surface area contributed by atoms with Crippen LogP contribution in [0.2, 0.25) is 5.02 Å². The van der Waals surface area contributed by atoms with Crippen LogP contribution in [0.4, 0.5) is 5.69 Å². The number of carbonyl (C=O) groups is 2. The molecule has 3 fully saturated rings. The topological polar surface area (TPSA) is 79.5 Å². The zero-order chi connectivity index (χ0) is 28.7. The third-order valence-electron chi connectivity index (χ3n) is 9.55. The summed E-state index contributed by atoms with van der Waals surface area (Å²) in [6.45, 7) is 2.41. The summed E-state index contributed by atoms with van der Waals surface area (Å²) in [7, 11) is 0. The number of thioether (sulfide) groups is 1. The second-order valence-corrected chi connectivity index (χ2v) is 14.4. The molecule has 8 rings (SSSR count). The van der Waals surface area contributed by atoms with E-state index in [1.807, 2.05) is 67.6 Å². The average molecular weight is 615 g/mol. The lowest BCUT2D eigenvalue weighted by Crippen LogP contribution is -2.42. The minimum absolute atomic E-state index is 0.0237. The van der Waals surface area contributed by atoms with Gasteiger partial charge in [0.2, 0.25) is 11.8 Å². The van der Waals surface area contributed by atoms with Crippen LogP contribution in [0.5, 0.6) is 5.75 Å². The highest BCUT2D eigenvalue weighted by atomic mass is 35.5. The van der Waals surface area contributed by atoms with Gasteiger partial charge in [0.1, 0.15) is 12.4 Å². The summed E-state index contributed by atoms with van der Waals surface area (Å²) in [6.07, 6.45) is 0.868. The van der Waals surface area contributed by atoms with Crippen LogP contribution in [0.1, 0.15) is 33.9 Å². The van der Waals surface area contributed by atoms with E-state index < -0.39 is 0 Å². The molecule has 7 atom stereocenters. The Morgan fingerprint density at radius 3 is 2.43 bits per heavy atom. The van der Waals surface area contributed by atoms with E-state index >= 15 is 0 Å². The van der Waals surface area contributed by atoms with Crippen molar-refractivity contribution < 1.29 is 14.3 Å². The molecule has 9 heteroatoms. The fourth-order valence-corrected chi connectivity index (χ4v) is 11.0. The monoisotopic (exact) mass is 614 g/mol. The van der Waals surface area contributed by atoms with E-state index in [-0.39, 0.29) is 57.4 Å². The first kappa shape index (κ1) is 26.3. The number of aromatic nitrogens is 1. The molecule has 1 saturated heterocycles. The zero-order valence-corrected chi connectivity index (χ0v) is 25.0. The normalized spacial score (nSPS) is 29.0. The van der Waals surface area contributed by atoms with Crippen LogP contribution in [0.3, 0.4) is 0 Å². The van der Waals surface area contributed by atoms with E-state index in [0.29, 0.717) is 17.3 Å². The van der Waals surface area contributed by atoms with Crippen LogP contribution >= 0.6 is 34.7 Å². The molecular formula is C33H27ClN2O4S2. The highest BCUT2D eigenvalue weighted by molar-refractivity contribution is 8.00. The fourth-order valence-electron chi connectivity index (χ4n) is 7.90. The molecule has 2 saturated carbocycles. The van der Waals surface area contributed by atoms with Crippen molar-refractivity contribution in [1.82, 2.24) is 4.98 Å². The first-order chi connectivity index (χ1) is 20.4. The number of fused-ring (bicyclic) bond motifs is 9. The van der Waals surface area contributed by atoms with Crippen molar-refractivity contribution in [2.75, 3.05) is 4.90 Å². The molecule has 1 aromatic heterocycles. The number of ether oxygens (including phenoxy) is 1. The number of aromatic amines is 1. The molecule has 2 bridgehead atoms. The lowest BCUT2D eigenvalue weighted by atomic mass is 9.68. The molecule has 0 spiro atoms. The predicted molar refractivity (Wildman–Crippen MR) is 164 cm³/mol. The number of nitrogens with one attached hydrogen (secondary N) is 1. The van der Waals surface area contributed by atoms with Gasteiger partial charge in [-0.1, -0.05) is 64.9 Å². The van der Waals surface area contributed by atoms with Gasteiger partial charge in [0, 0.05) is 21.1 Å². The highest BCUT2D eigenvalue weighted by Crippen LogP contribution is 2.68. The van der Waals surface area contributed by atoms with Gasteiger partial charge in [-0.15, -0.1) is 11.8 Å². The van der Waals surface area contributed by atoms with Gasteiger partial charge in [-0.05, 0) is 78.6 Å². The number of nitrogens with zero attached hydrogens (tertiary/aromatic N) is 1. The second-order valence-electron chi connectivity index (χ2n) is 11.8. The van der Waals surface area contributed by atoms with Gasteiger partial charge in [-0.2, -0.15) is 0 Å². The van der Waals surface area contributed by atoms with Crippen molar-refractivity contribution in [3.63, 3.8) is 0 Å². The number of thiazole rings is 1. The number of carbonyl (C=O) groups excluding carboxylic acids is 2. The molecule has 2 amide bonds. The van der Waals surface area contributed by atoms with Crippen molar-refractivity contribution in [2.45, 2.75) is 36.1 Å². The highest BCUT2D eigenvalue weighted by Gasteiger charge is 2.69.